The number of benzene rings is 1. The Bertz CT molecular complexity index is 679. The van der Waals surface area contributed by atoms with Crippen molar-refractivity contribution in [3.63, 3.8) is 0 Å². The van der Waals surface area contributed by atoms with E-state index >= 15 is 0 Å². The molecule has 0 fully saturated rings. The number of nitrogens with one attached hydrogen (secondary N) is 1. The summed E-state index contributed by atoms with van der Waals surface area (Å²) in [5.41, 5.74) is 0.927. The summed E-state index contributed by atoms with van der Waals surface area (Å²) >= 11 is 3.40. The summed E-state index contributed by atoms with van der Waals surface area (Å²) in [5.74, 6) is -1.49. The van der Waals surface area contributed by atoms with Crippen molar-refractivity contribution in [1.29, 1.82) is 0 Å². The number of aromatic nitrogens is 1. The minimum atomic E-state index is -1.02. The molecule has 0 radical (unpaired) electrons. The lowest BCUT2D eigenvalue weighted by Gasteiger charge is -2.18. The molecule has 2 aromatic rings. The molecule has 0 aliphatic heterocycles. The summed E-state index contributed by atoms with van der Waals surface area (Å²) in [6.45, 7) is 3.62. The van der Waals surface area contributed by atoms with E-state index in [4.69, 9.17) is 5.11 Å². The van der Waals surface area contributed by atoms with Crippen molar-refractivity contribution in [2.24, 2.45) is 5.92 Å². The molecule has 0 saturated carbocycles. The molecule has 112 valence electrons. The molecule has 21 heavy (non-hydrogen) atoms. The van der Waals surface area contributed by atoms with Gasteiger partial charge in [0.1, 0.15) is 12.6 Å². The van der Waals surface area contributed by atoms with Crippen LogP contribution in [-0.2, 0) is 16.1 Å². The third kappa shape index (κ3) is 3.64. The predicted molar refractivity (Wildman–Crippen MR) is 84.0 cm³/mol. The number of rotatable bonds is 5. The van der Waals surface area contributed by atoms with E-state index in [9.17, 15) is 9.59 Å². The van der Waals surface area contributed by atoms with E-state index in [0.717, 1.165) is 15.4 Å². The number of amides is 1. The molecule has 1 aromatic carbocycles. The number of carboxylic acid groups (broad SMARTS) is 1. The second kappa shape index (κ2) is 6.30. The molecule has 6 heteroatoms. The van der Waals surface area contributed by atoms with Crippen molar-refractivity contribution < 1.29 is 14.7 Å². The van der Waals surface area contributed by atoms with Gasteiger partial charge in [-0.2, -0.15) is 0 Å². The fourth-order valence-electron chi connectivity index (χ4n) is 2.18. The van der Waals surface area contributed by atoms with Crippen LogP contribution in [-0.4, -0.2) is 27.6 Å². The number of carboxylic acids is 1. The van der Waals surface area contributed by atoms with E-state index in [0.29, 0.717) is 0 Å². The quantitative estimate of drug-likeness (QED) is 0.868. The van der Waals surface area contributed by atoms with Crippen LogP contribution in [0.4, 0.5) is 0 Å². The molecule has 1 unspecified atom stereocenters. The molecular formula is C15H17BrN2O3. The van der Waals surface area contributed by atoms with Crippen LogP contribution >= 0.6 is 15.9 Å². The van der Waals surface area contributed by atoms with Crippen molar-refractivity contribution in [2.45, 2.75) is 26.4 Å². The number of halogens is 1. The van der Waals surface area contributed by atoms with Crippen molar-refractivity contribution in [1.82, 2.24) is 9.88 Å². The van der Waals surface area contributed by atoms with Gasteiger partial charge in [-0.05, 0) is 29.5 Å². The number of nitrogens with zero attached hydrogens (tertiary/aromatic N) is 1. The van der Waals surface area contributed by atoms with Crippen LogP contribution < -0.4 is 5.32 Å². The average molecular weight is 353 g/mol. The third-order valence-corrected chi connectivity index (χ3v) is 3.79. The normalized spacial score (nSPS) is 12.6. The summed E-state index contributed by atoms with van der Waals surface area (Å²) in [6, 6.07) is 6.88. The first-order valence-electron chi connectivity index (χ1n) is 6.65. The standard InChI is InChI=1S/C15H17BrN2O3/c1-9(2)14(15(20)21)17-13(19)8-18-6-5-10-3-4-11(16)7-12(10)18/h3-7,9,14H,8H2,1-2H3,(H,17,19)(H,20,21). The van der Waals surface area contributed by atoms with Crippen molar-refractivity contribution in [3.05, 3.63) is 34.9 Å². The van der Waals surface area contributed by atoms with Crippen molar-refractivity contribution in [2.75, 3.05) is 0 Å². The number of carbonyl (C=O) groups excluding carboxylic acids is 1. The highest BCUT2D eigenvalue weighted by molar-refractivity contribution is 9.10. The minimum Gasteiger partial charge on any atom is -0.480 e. The maximum absolute atomic E-state index is 12.1. The molecule has 2 rings (SSSR count). The molecule has 1 heterocycles. The van der Waals surface area contributed by atoms with Gasteiger partial charge >= 0.3 is 5.97 Å². The van der Waals surface area contributed by atoms with E-state index in [1.165, 1.54) is 0 Å². The lowest BCUT2D eigenvalue weighted by Crippen LogP contribution is -2.45. The molecule has 2 N–H and O–H groups in total. The predicted octanol–water partition coefficient (Wildman–Crippen LogP) is 2.63. The van der Waals surface area contributed by atoms with Crippen molar-refractivity contribution in [3.8, 4) is 0 Å². The summed E-state index contributed by atoms with van der Waals surface area (Å²) in [7, 11) is 0. The zero-order chi connectivity index (χ0) is 15.6. The summed E-state index contributed by atoms with van der Waals surface area (Å²) < 4.78 is 2.73. The SMILES string of the molecule is CC(C)C(NC(=O)Cn1ccc2ccc(Br)cc21)C(=O)O. The number of hydrogen-bond donors (Lipinski definition) is 2. The molecule has 0 bridgehead atoms. The number of fused-ring (bicyclic) bond motifs is 1. The van der Waals surface area contributed by atoms with Crippen LogP contribution in [0.1, 0.15) is 13.8 Å². The first-order chi connectivity index (χ1) is 9.88. The molecule has 0 spiro atoms. The van der Waals surface area contributed by atoms with Crippen LogP contribution in [0.25, 0.3) is 10.9 Å². The monoisotopic (exact) mass is 352 g/mol. The minimum absolute atomic E-state index is 0.0937. The highest BCUT2D eigenvalue weighted by atomic mass is 79.9. The van der Waals surface area contributed by atoms with Crippen LogP contribution in [0, 0.1) is 5.92 Å². The smallest absolute Gasteiger partial charge is 0.326 e. The zero-order valence-corrected chi connectivity index (χ0v) is 13.4. The van der Waals surface area contributed by atoms with Gasteiger partial charge in [-0.1, -0.05) is 35.8 Å². The molecule has 0 aliphatic carbocycles. The fourth-order valence-corrected chi connectivity index (χ4v) is 2.53. The Balaban J connectivity index is 2.14. The first-order valence-corrected chi connectivity index (χ1v) is 7.44. The van der Waals surface area contributed by atoms with Gasteiger partial charge in [0.25, 0.3) is 0 Å². The molecule has 1 aromatic heterocycles. The summed E-state index contributed by atoms with van der Waals surface area (Å²) in [6.07, 6.45) is 1.82. The Hall–Kier alpha value is -1.82. The van der Waals surface area contributed by atoms with E-state index in [-0.39, 0.29) is 18.4 Å². The van der Waals surface area contributed by atoms with Crippen molar-refractivity contribution >= 4 is 38.7 Å². The number of aliphatic carboxylic acids is 1. The molecule has 1 atom stereocenters. The maximum atomic E-state index is 12.1. The zero-order valence-electron chi connectivity index (χ0n) is 11.8. The second-order valence-electron chi connectivity index (χ2n) is 5.27. The number of hydrogen-bond acceptors (Lipinski definition) is 2. The van der Waals surface area contributed by atoms with Gasteiger partial charge in [-0.3, -0.25) is 4.79 Å². The van der Waals surface area contributed by atoms with Gasteiger partial charge in [0, 0.05) is 16.2 Å². The Morgan fingerprint density at radius 1 is 1.33 bits per heavy atom. The lowest BCUT2D eigenvalue weighted by atomic mass is 10.1. The van der Waals surface area contributed by atoms with E-state index in [1.54, 1.807) is 18.4 Å². The summed E-state index contributed by atoms with van der Waals surface area (Å²) in [4.78, 5) is 23.2. The first kappa shape index (κ1) is 15.6. The van der Waals surface area contributed by atoms with Gasteiger partial charge in [-0.15, -0.1) is 0 Å². The average Bonchev–Trinajstić information content (AvgIpc) is 2.78. The van der Waals surface area contributed by atoms with Crippen LogP contribution in [0.15, 0.2) is 34.9 Å². The molecule has 1 amide bonds. The highest BCUT2D eigenvalue weighted by Crippen LogP contribution is 2.20. The third-order valence-electron chi connectivity index (χ3n) is 3.30. The second-order valence-corrected chi connectivity index (χ2v) is 6.19. The van der Waals surface area contributed by atoms with E-state index < -0.39 is 12.0 Å². The lowest BCUT2D eigenvalue weighted by molar-refractivity contribution is -0.143. The van der Waals surface area contributed by atoms with E-state index in [1.807, 2.05) is 30.5 Å². The van der Waals surface area contributed by atoms with Gasteiger partial charge in [0.15, 0.2) is 0 Å². The fraction of sp³-hybridized carbons (Fsp3) is 0.333. The molecule has 5 nitrogen and oxygen atoms in total. The van der Waals surface area contributed by atoms with Crippen LogP contribution in [0.5, 0.6) is 0 Å². The highest BCUT2D eigenvalue weighted by Gasteiger charge is 2.23. The van der Waals surface area contributed by atoms with Gasteiger partial charge < -0.3 is 15.0 Å². The Kier molecular flexibility index (Phi) is 4.67. The van der Waals surface area contributed by atoms with Crippen LogP contribution in [0.3, 0.4) is 0 Å². The van der Waals surface area contributed by atoms with Gasteiger partial charge in [0.2, 0.25) is 5.91 Å². The number of carbonyl (C=O) groups is 2. The van der Waals surface area contributed by atoms with Crippen LogP contribution in [0.2, 0.25) is 0 Å². The topological polar surface area (TPSA) is 71.3 Å². The largest absolute Gasteiger partial charge is 0.480 e. The summed E-state index contributed by atoms with van der Waals surface area (Å²) in [5, 5.41) is 12.7. The molecule has 0 aliphatic rings. The Labute approximate surface area is 131 Å². The van der Waals surface area contributed by atoms with Gasteiger partial charge in [0.05, 0.1) is 0 Å². The maximum Gasteiger partial charge on any atom is 0.326 e. The molecule has 0 saturated heterocycles. The Morgan fingerprint density at radius 2 is 2.05 bits per heavy atom. The van der Waals surface area contributed by atoms with E-state index in [2.05, 4.69) is 21.2 Å². The van der Waals surface area contributed by atoms with Gasteiger partial charge in [-0.25, -0.2) is 4.79 Å². The molecular weight excluding hydrogens is 336 g/mol. The Morgan fingerprint density at radius 3 is 2.67 bits per heavy atom.